The van der Waals surface area contributed by atoms with E-state index in [2.05, 4.69) is 4.74 Å². The van der Waals surface area contributed by atoms with Crippen LogP contribution < -0.4 is 4.74 Å². The minimum absolute atomic E-state index is 0.0468. The smallest absolute Gasteiger partial charge is 0.416 e. The molecule has 1 aliphatic rings. The van der Waals surface area contributed by atoms with Gasteiger partial charge >= 0.3 is 29.8 Å². The molecule has 1 fully saturated rings. The third-order valence-corrected chi connectivity index (χ3v) is 4.22. The first-order valence-electron chi connectivity index (χ1n) is 7.94. The largest absolute Gasteiger partial charge is 0.477 e. The Morgan fingerprint density at radius 2 is 1.52 bits per heavy atom. The molecule has 0 saturated heterocycles. The molecule has 1 aliphatic carbocycles. The highest BCUT2D eigenvalue weighted by Gasteiger charge is 2.68. The maximum absolute atomic E-state index is 13.3. The molecular formula is C17H16F4O6. The molecule has 1 aromatic carbocycles. The number of ether oxygens (including phenoxy) is 2. The average Bonchev–Trinajstić information content (AvgIpc) is 3.01. The van der Waals surface area contributed by atoms with E-state index in [4.69, 9.17) is 9.84 Å². The summed E-state index contributed by atoms with van der Waals surface area (Å²) in [4.78, 5) is 33.6. The van der Waals surface area contributed by atoms with E-state index in [1.165, 1.54) is 0 Å². The number of benzene rings is 1. The van der Waals surface area contributed by atoms with Crippen LogP contribution in [-0.4, -0.2) is 40.5 Å². The molecule has 0 aromatic heterocycles. The van der Waals surface area contributed by atoms with Gasteiger partial charge in [-0.2, -0.15) is 17.6 Å². The summed E-state index contributed by atoms with van der Waals surface area (Å²) in [7, 11) is 0. The van der Waals surface area contributed by atoms with Crippen molar-refractivity contribution in [2.75, 3.05) is 0 Å². The van der Waals surface area contributed by atoms with Crippen LogP contribution in [0.5, 0.6) is 5.75 Å². The minimum Gasteiger partial charge on any atom is -0.477 e. The van der Waals surface area contributed by atoms with Crippen LogP contribution in [0.25, 0.3) is 0 Å². The third-order valence-electron chi connectivity index (χ3n) is 4.22. The van der Waals surface area contributed by atoms with Crippen molar-refractivity contribution in [1.29, 1.82) is 0 Å². The Kier molecular flexibility index (Phi) is 5.48. The van der Waals surface area contributed by atoms with Gasteiger partial charge in [-0.1, -0.05) is 0 Å². The van der Waals surface area contributed by atoms with E-state index in [1.54, 1.807) is 6.92 Å². The Balaban J connectivity index is 2.06. The van der Waals surface area contributed by atoms with E-state index in [0.717, 1.165) is 37.1 Å². The molecule has 1 saturated carbocycles. The number of carbonyl (C=O) groups excluding carboxylic acids is 2. The third kappa shape index (κ3) is 4.20. The number of hydrogen-bond donors (Lipinski definition) is 1. The molecule has 0 unspecified atom stereocenters. The zero-order valence-electron chi connectivity index (χ0n) is 14.1. The van der Waals surface area contributed by atoms with Crippen LogP contribution in [0.3, 0.4) is 0 Å². The Hall–Kier alpha value is -2.65. The summed E-state index contributed by atoms with van der Waals surface area (Å²) in [6.07, 6.45) is 3.27. The molecule has 1 N–H and O–H groups in total. The quantitative estimate of drug-likeness (QED) is 0.453. The molecule has 0 atom stereocenters. The van der Waals surface area contributed by atoms with E-state index in [0.29, 0.717) is 12.8 Å². The normalized spacial score (nSPS) is 16.6. The zero-order valence-corrected chi connectivity index (χ0v) is 14.1. The van der Waals surface area contributed by atoms with Gasteiger partial charge < -0.3 is 14.6 Å². The fourth-order valence-corrected chi connectivity index (χ4v) is 2.60. The first kappa shape index (κ1) is 20.7. The molecular weight excluding hydrogens is 376 g/mol. The average molecular weight is 392 g/mol. The van der Waals surface area contributed by atoms with Gasteiger partial charge in [-0.25, -0.2) is 14.4 Å². The number of esters is 2. The van der Waals surface area contributed by atoms with Crippen molar-refractivity contribution in [3.05, 3.63) is 29.8 Å². The Bertz CT molecular complexity index is 738. The lowest BCUT2D eigenvalue weighted by molar-refractivity contribution is -0.229. The van der Waals surface area contributed by atoms with Crippen LogP contribution >= 0.6 is 0 Å². The standard InChI is InChI=1S/C17H16F4O6/c1-15(8-2-3-9-15)27-12(22)10-4-6-11(7-5-10)26-14(25)17(20,21)16(18,19)13(23)24/h4-7H,2-3,8-9H2,1H3,(H,23,24). The van der Waals surface area contributed by atoms with Crippen LogP contribution in [0, 0.1) is 0 Å². The van der Waals surface area contributed by atoms with E-state index in [1.807, 2.05) is 0 Å². The maximum atomic E-state index is 13.3. The van der Waals surface area contributed by atoms with Gasteiger partial charge in [0.2, 0.25) is 0 Å². The van der Waals surface area contributed by atoms with Gasteiger partial charge in [-0.15, -0.1) is 0 Å². The second kappa shape index (κ2) is 7.16. The molecule has 0 bridgehead atoms. The Labute approximate surface area is 151 Å². The van der Waals surface area contributed by atoms with E-state index < -0.39 is 41.1 Å². The minimum atomic E-state index is -5.63. The number of carbonyl (C=O) groups is 3. The molecule has 27 heavy (non-hydrogen) atoms. The second-order valence-electron chi connectivity index (χ2n) is 6.41. The highest BCUT2D eigenvalue weighted by atomic mass is 19.3. The number of carboxylic acid groups (broad SMARTS) is 1. The van der Waals surface area contributed by atoms with Gasteiger partial charge in [-0.05, 0) is 56.9 Å². The van der Waals surface area contributed by atoms with Crippen molar-refractivity contribution in [3.63, 3.8) is 0 Å². The zero-order chi connectivity index (χ0) is 20.5. The lowest BCUT2D eigenvalue weighted by Gasteiger charge is -2.24. The Morgan fingerprint density at radius 1 is 1.00 bits per heavy atom. The van der Waals surface area contributed by atoms with Crippen LogP contribution in [-0.2, 0) is 14.3 Å². The lowest BCUT2D eigenvalue weighted by Crippen LogP contribution is -2.53. The number of halogens is 4. The van der Waals surface area contributed by atoms with Crippen LogP contribution in [0.1, 0.15) is 43.0 Å². The summed E-state index contributed by atoms with van der Waals surface area (Å²) in [6.45, 7) is 1.79. The molecule has 148 valence electrons. The number of alkyl halides is 4. The molecule has 0 spiro atoms. The molecule has 6 nitrogen and oxygen atoms in total. The Morgan fingerprint density at radius 3 is 2.00 bits per heavy atom. The van der Waals surface area contributed by atoms with Crippen LogP contribution in [0.2, 0.25) is 0 Å². The van der Waals surface area contributed by atoms with Gasteiger partial charge in [0.15, 0.2) is 0 Å². The number of rotatable bonds is 6. The summed E-state index contributed by atoms with van der Waals surface area (Å²) in [5, 5.41) is 8.14. The molecule has 10 heteroatoms. The summed E-state index contributed by atoms with van der Waals surface area (Å²) in [6, 6.07) is 4.08. The van der Waals surface area contributed by atoms with Gasteiger partial charge in [0.25, 0.3) is 0 Å². The fraction of sp³-hybridized carbons (Fsp3) is 0.471. The first-order chi connectivity index (χ1) is 12.4. The predicted octanol–water partition coefficient (Wildman–Crippen LogP) is 3.44. The monoisotopic (exact) mass is 392 g/mol. The molecule has 0 aliphatic heterocycles. The maximum Gasteiger partial charge on any atom is 0.416 e. The molecule has 0 heterocycles. The molecule has 2 rings (SSSR count). The van der Waals surface area contributed by atoms with Gasteiger partial charge in [-0.3, -0.25) is 0 Å². The van der Waals surface area contributed by atoms with Crippen molar-refractivity contribution in [2.24, 2.45) is 0 Å². The van der Waals surface area contributed by atoms with Gasteiger partial charge in [0.05, 0.1) is 5.56 Å². The van der Waals surface area contributed by atoms with Crippen molar-refractivity contribution in [3.8, 4) is 5.75 Å². The van der Waals surface area contributed by atoms with Crippen molar-refractivity contribution >= 4 is 17.9 Å². The summed E-state index contributed by atoms with van der Waals surface area (Å²) < 4.78 is 62.1. The highest BCUT2D eigenvalue weighted by Crippen LogP contribution is 2.36. The first-order valence-corrected chi connectivity index (χ1v) is 7.94. The van der Waals surface area contributed by atoms with Crippen molar-refractivity contribution in [1.82, 2.24) is 0 Å². The number of hydrogen-bond acceptors (Lipinski definition) is 5. The summed E-state index contributed by atoms with van der Waals surface area (Å²) in [5.41, 5.74) is -0.544. The number of aliphatic carboxylic acids is 1. The van der Waals surface area contributed by atoms with E-state index in [9.17, 15) is 31.9 Å². The fourth-order valence-electron chi connectivity index (χ4n) is 2.60. The topological polar surface area (TPSA) is 89.9 Å². The van der Waals surface area contributed by atoms with E-state index in [-0.39, 0.29) is 5.56 Å². The van der Waals surface area contributed by atoms with Crippen LogP contribution in [0.4, 0.5) is 17.6 Å². The molecule has 1 aromatic rings. The van der Waals surface area contributed by atoms with Crippen LogP contribution in [0.15, 0.2) is 24.3 Å². The number of carboxylic acids is 1. The SMILES string of the molecule is CC1(OC(=O)c2ccc(OC(=O)C(F)(F)C(F)(F)C(=O)O)cc2)CCCC1. The van der Waals surface area contributed by atoms with Gasteiger partial charge in [0, 0.05) is 0 Å². The summed E-state index contributed by atoms with van der Waals surface area (Å²) >= 11 is 0. The lowest BCUT2D eigenvalue weighted by atomic mass is 10.1. The molecule has 0 amide bonds. The highest BCUT2D eigenvalue weighted by molar-refractivity contribution is 5.91. The van der Waals surface area contributed by atoms with Crippen molar-refractivity contribution < 1.29 is 46.5 Å². The predicted molar refractivity (Wildman–Crippen MR) is 81.9 cm³/mol. The van der Waals surface area contributed by atoms with Crippen molar-refractivity contribution in [2.45, 2.75) is 50.1 Å². The van der Waals surface area contributed by atoms with E-state index >= 15 is 0 Å². The summed E-state index contributed by atoms with van der Waals surface area (Å²) in [5.74, 6) is -18.3. The molecule has 0 radical (unpaired) electrons. The van der Waals surface area contributed by atoms with Gasteiger partial charge in [0.1, 0.15) is 11.4 Å². The second-order valence-corrected chi connectivity index (χ2v) is 6.41.